The molecule has 0 amide bonds. The van der Waals surface area contributed by atoms with Crippen molar-refractivity contribution in [2.45, 2.75) is 32.9 Å². The highest BCUT2D eigenvalue weighted by molar-refractivity contribution is 5.52. The van der Waals surface area contributed by atoms with E-state index in [1.165, 1.54) is 18.4 Å². The number of benzene rings is 1. The molecule has 0 bridgehead atoms. The van der Waals surface area contributed by atoms with E-state index in [0.29, 0.717) is 24.2 Å². The molecule has 3 heterocycles. The summed E-state index contributed by atoms with van der Waals surface area (Å²) in [5, 5.41) is 12.6. The molecular weight excluding hydrogens is 316 g/mol. The molecule has 130 valence electrons. The molecule has 1 atom stereocenters. The molecule has 0 aliphatic carbocycles. The van der Waals surface area contributed by atoms with Crippen molar-refractivity contribution in [3.05, 3.63) is 48.4 Å². The van der Waals surface area contributed by atoms with Crippen LogP contribution >= 0.6 is 0 Å². The summed E-state index contributed by atoms with van der Waals surface area (Å²) < 4.78 is 7.78. The van der Waals surface area contributed by atoms with Gasteiger partial charge < -0.3 is 4.42 Å². The molecule has 0 radical (unpaired) electrons. The molecule has 1 saturated heterocycles. The zero-order chi connectivity index (χ0) is 17.1. The molecule has 25 heavy (non-hydrogen) atoms. The van der Waals surface area contributed by atoms with Crippen molar-refractivity contribution < 1.29 is 4.42 Å². The first-order valence-corrected chi connectivity index (χ1v) is 8.70. The largest absolute Gasteiger partial charge is 0.419 e. The fourth-order valence-electron chi connectivity index (χ4n) is 3.36. The van der Waals surface area contributed by atoms with Gasteiger partial charge in [0.05, 0.1) is 6.54 Å². The summed E-state index contributed by atoms with van der Waals surface area (Å²) in [7, 11) is 0. The van der Waals surface area contributed by atoms with Gasteiger partial charge in [-0.15, -0.1) is 10.2 Å². The molecule has 1 aliphatic rings. The second-order valence-corrected chi connectivity index (χ2v) is 6.73. The SMILES string of the molecule is Cc1ccc(-c2nnc(CN3CCCC(Cn4cncn4)C3)o2)cc1. The van der Waals surface area contributed by atoms with Crippen LogP contribution < -0.4 is 0 Å². The van der Waals surface area contributed by atoms with Crippen LogP contribution in [0.3, 0.4) is 0 Å². The van der Waals surface area contributed by atoms with E-state index in [2.05, 4.69) is 44.2 Å². The van der Waals surface area contributed by atoms with Gasteiger partial charge in [0, 0.05) is 18.7 Å². The maximum Gasteiger partial charge on any atom is 0.247 e. The van der Waals surface area contributed by atoms with E-state index in [-0.39, 0.29) is 0 Å². The van der Waals surface area contributed by atoms with Gasteiger partial charge >= 0.3 is 0 Å². The Balaban J connectivity index is 1.37. The first-order chi connectivity index (χ1) is 12.3. The molecule has 0 spiro atoms. The van der Waals surface area contributed by atoms with Crippen LogP contribution in [-0.2, 0) is 13.1 Å². The Kier molecular flexibility index (Phi) is 4.56. The second kappa shape index (κ2) is 7.14. The van der Waals surface area contributed by atoms with Crippen LogP contribution in [0, 0.1) is 12.8 Å². The maximum absolute atomic E-state index is 5.86. The molecule has 7 heteroatoms. The third-order valence-corrected chi connectivity index (χ3v) is 4.64. The van der Waals surface area contributed by atoms with Crippen molar-refractivity contribution in [2.24, 2.45) is 5.92 Å². The third-order valence-electron chi connectivity index (χ3n) is 4.64. The van der Waals surface area contributed by atoms with Gasteiger partial charge in [-0.2, -0.15) is 5.10 Å². The van der Waals surface area contributed by atoms with Gasteiger partial charge in [-0.3, -0.25) is 9.58 Å². The number of hydrogen-bond acceptors (Lipinski definition) is 6. The van der Waals surface area contributed by atoms with Crippen LogP contribution in [0.2, 0.25) is 0 Å². The Morgan fingerprint density at radius 1 is 1.20 bits per heavy atom. The lowest BCUT2D eigenvalue weighted by atomic mass is 9.98. The van der Waals surface area contributed by atoms with Crippen molar-refractivity contribution in [3.63, 3.8) is 0 Å². The molecule has 1 aromatic carbocycles. The molecule has 2 aromatic heterocycles. The molecule has 1 aliphatic heterocycles. The fourth-order valence-corrected chi connectivity index (χ4v) is 3.36. The zero-order valence-corrected chi connectivity index (χ0v) is 14.4. The third kappa shape index (κ3) is 3.93. The number of hydrogen-bond donors (Lipinski definition) is 0. The topological polar surface area (TPSA) is 72.9 Å². The molecule has 0 saturated carbocycles. The summed E-state index contributed by atoms with van der Waals surface area (Å²) in [6.07, 6.45) is 5.77. The molecular formula is C18H22N6O. The first-order valence-electron chi connectivity index (χ1n) is 8.70. The normalized spacial score (nSPS) is 18.5. The standard InChI is InChI=1S/C18H22N6O/c1-14-4-6-16(7-5-14)18-22-21-17(25-18)11-23-8-2-3-15(9-23)10-24-13-19-12-20-24/h4-7,12-13,15H,2-3,8-11H2,1H3. The zero-order valence-electron chi connectivity index (χ0n) is 14.4. The molecule has 1 fully saturated rings. The van der Waals surface area contributed by atoms with Crippen molar-refractivity contribution in [1.29, 1.82) is 0 Å². The van der Waals surface area contributed by atoms with Crippen LogP contribution in [0.5, 0.6) is 0 Å². The van der Waals surface area contributed by atoms with Gasteiger partial charge in [0.15, 0.2) is 0 Å². The summed E-state index contributed by atoms with van der Waals surface area (Å²) in [4.78, 5) is 6.40. The highest BCUT2D eigenvalue weighted by atomic mass is 16.4. The van der Waals surface area contributed by atoms with Gasteiger partial charge in [0.1, 0.15) is 12.7 Å². The Hall–Kier alpha value is -2.54. The van der Waals surface area contributed by atoms with Crippen LogP contribution in [0.4, 0.5) is 0 Å². The number of aryl methyl sites for hydroxylation is 1. The lowest BCUT2D eigenvalue weighted by Crippen LogP contribution is -2.36. The van der Waals surface area contributed by atoms with E-state index in [1.807, 2.05) is 16.8 Å². The summed E-state index contributed by atoms with van der Waals surface area (Å²) in [6, 6.07) is 8.14. The Bertz CT molecular complexity index is 795. The number of nitrogens with zero attached hydrogens (tertiary/aromatic N) is 6. The number of likely N-dealkylation sites (tertiary alicyclic amines) is 1. The summed E-state index contributed by atoms with van der Waals surface area (Å²) in [5.41, 5.74) is 2.18. The molecule has 1 unspecified atom stereocenters. The monoisotopic (exact) mass is 338 g/mol. The van der Waals surface area contributed by atoms with Crippen molar-refractivity contribution in [1.82, 2.24) is 29.9 Å². The number of rotatable bonds is 5. The smallest absolute Gasteiger partial charge is 0.247 e. The Labute approximate surface area is 146 Å². The number of aromatic nitrogens is 5. The van der Waals surface area contributed by atoms with E-state index in [4.69, 9.17) is 4.42 Å². The molecule has 4 rings (SSSR count). The van der Waals surface area contributed by atoms with Crippen molar-refractivity contribution in [3.8, 4) is 11.5 Å². The molecule has 0 N–H and O–H groups in total. The van der Waals surface area contributed by atoms with E-state index < -0.39 is 0 Å². The van der Waals surface area contributed by atoms with Crippen LogP contribution in [0.15, 0.2) is 41.3 Å². The summed E-state index contributed by atoms with van der Waals surface area (Å²) >= 11 is 0. The molecule has 3 aromatic rings. The maximum atomic E-state index is 5.86. The van der Waals surface area contributed by atoms with E-state index in [9.17, 15) is 0 Å². The minimum absolute atomic E-state index is 0.579. The summed E-state index contributed by atoms with van der Waals surface area (Å²) in [5.74, 6) is 1.85. The minimum atomic E-state index is 0.579. The average molecular weight is 338 g/mol. The Morgan fingerprint density at radius 3 is 2.88 bits per heavy atom. The predicted molar refractivity (Wildman–Crippen MR) is 92.5 cm³/mol. The molecule has 7 nitrogen and oxygen atoms in total. The van der Waals surface area contributed by atoms with Crippen molar-refractivity contribution >= 4 is 0 Å². The van der Waals surface area contributed by atoms with E-state index in [0.717, 1.165) is 25.2 Å². The van der Waals surface area contributed by atoms with Crippen LogP contribution in [0.25, 0.3) is 11.5 Å². The highest BCUT2D eigenvalue weighted by Crippen LogP contribution is 2.22. The Morgan fingerprint density at radius 2 is 2.08 bits per heavy atom. The van der Waals surface area contributed by atoms with Crippen molar-refractivity contribution in [2.75, 3.05) is 13.1 Å². The lowest BCUT2D eigenvalue weighted by Gasteiger charge is -2.31. The number of piperidine rings is 1. The second-order valence-electron chi connectivity index (χ2n) is 6.73. The predicted octanol–water partition coefficient (Wildman–Crippen LogP) is 2.55. The van der Waals surface area contributed by atoms with Gasteiger partial charge in [-0.1, -0.05) is 17.7 Å². The highest BCUT2D eigenvalue weighted by Gasteiger charge is 2.22. The first kappa shape index (κ1) is 16.0. The van der Waals surface area contributed by atoms with Gasteiger partial charge in [-0.05, 0) is 44.4 Å². The van der Waals surface area contributed by atoms with Crippen LogP contribution in [0.1, 0.15) is 24.3 Å². The van der Waals surface area contributed by atoms with Gasteiger partial charge in [0.25, 0.3) is 0 Å². The minimum Gasteiger partial charge on any atom is -0.419 e. The van der Waals surface area contributed by atoms with E-state index >= 15 is 0 Å². The van der Waals surface area contributed by atoms with Gasteiger partial charge in [0.2, 0.25) is 11.8 Å². The van der Waals surface area contributed by atoms with Gasteiger partial charge in [-0.25, -0.2) is 4.98 Å². The summed E-state index contributed by atoms with van der Waals surface area (Å²) in [6.45, 7) is 5.76. The fraction of sp³-hybridized carbons (Fsp3) is 0.444. The van der Waals surface area contributed by atoms with Crippen LogP contribution in [-0.4, -0.2) is 43.0 Å². The average Bonchev–Trinajstić information content (AvgIpc) is 3.28. The quantitative estimate of drug-likeness (QED) is 0.712. The van der Waals surface area contributed by atoms with E-state index in [1.54, 1.807) is 12.7 Å². The lowest BCUT2D eigenvalue weighted by molar-refractivity contribution is 0.142.